The van der Waals surface area contributed by atoms with Crippen LogP contribution in [0.1, 0.15) is 24.7 Å². The summed E-state index contributed by atoms with van der Waals surface area (Å²) in [5.41, 5.74) is -0.638. The van der Waals surface area contributed by atoms with E-state index in [1.54, 1.807) is 6.92 Å². The van der Waals surface area contributed by atoms with Gasteiger partial charge in [0.25, 0.3) is 0 Å². The summed E-state index contributed by atoms with van der Waals surface area (Å²) in [7, 11) is 0. The van der Waals surface area contributed by atoms with Gasteiger partial charge in [0.15, 0.2) is 5.11 Å². The summed E-state index contributed by atoms with van der Waals surface area (Å²) in [5.74, 6) is 0.178. The van der Waals surface area contributed by atoms with E-state index < -0.39 is 5.63 Å². The highest BCUT2D eigenvalue weighted by molar-refractivity contribution is 7.80. The molecule has 0 saturated carbocycles. The molecule has 17 heavy (non-hydrogen) atoms. The molecule has 6 heteroatoms. The number of aromatic hydroxyl groups is 1. The number of aliphatic imine (C=N–C) groups is 1. The number of thiocarbonyl (C=S) groups is 1. The van der Waals surface area contributed by atoms with Crippen LogP contribution in [-0.4, -0.2) is 23.0 Å². The summed E-state index contributed by atoms with van der Waals surface area (Å²) in [6.07, 6.45) is 2.12. The predicted octanol–water partition coefficient (Wildman–Crippen LogP) is 1.36. The molecule has 0 amide bonds. The van der Waals surface area contributed by atoms with Crippen LogP contribution in [0.25, 0.3) is 0 Å². The first-order chi connectivity index (χ1) is 8.04. The topological polar surface area (TPSA) is 74.8 Å². The van der Waals surface area contributed by atoms with E-state index in [1.165, 1.54) is 12.3 Å². The molecule has 1 heterocycles. The fourth-order valence-electron chi connectivity index (χ4n) is 1.13. The molecular weight excluding hydrogens is 240 g/mol. The molecule has 2 N–H and O–H groups in total. The molecule has 0 aliphatic rings. The maximum atomic E-state index is 11.4. The molecule has 0 bridgehead atoms. The minimum Gasteiger partial charge on any atom is -0.507 e. The minimum absolute atomic E-state index is 0.00347. The SMILES string of the molecule is CCCNC(=S)N=Cc1c(O)cc(C)oc1=O. The van der Waals surface area contributed by atoms with Crippen molar-refractivity contribution in [1.29, 1.82) is 0 Å². The maximum Gasteiger partial charge on any atom is 0.348 e. The van der Waals surface area contributed by atoms with Gasteiger partial charge in [0, 0.05) is 18.8 Å². The van der Waals surface area contributed by atoms with Gasteiger partial charge in [-0.2, -0.15) is 0 Å². The maximum absolute atomic E-state index is 11.4. The molecule has 0 aromatic carbocycles. The first-order valence-corrected chi connectivity index (χ1v) is 5.61. The largest absolute Gasteiger partial charge is 0.507 e. The number of nitrogens with zero attached hydrogens (tertiary/aromatic N) is 1. The number of aryl methyl sites for hydroxylation is 1. The second kappa shape index (κ2) is 6.15. The zero-order chi connectivity index (χ0) is 12.8. The van der Waals surface area contributed by atoms with Crippen molar-refractivity contribution < 1.29 is 9.52 Å². The van der Waals surface area contributed by atoms with Crippen LogP contribution in [0.4, 0.5) is 0 Å². The molecule has 0 fully saturated rings. The van der Waals surface area contributed by atoms with Gasteiger partial charge < -0.3 is 14.8 Å². The Bertz CT molecular complexity index is 494. The molecule has 5 nitrogen and oxygen atoms in total. The molecule has 1 aromatic heterocycles. The fraction of sp³-hybridized carbons (Fsp3) is 0.364. The van der Waals surface area contributed by atoms with Gasteiger partial charge in [-0.25, -0.2) is 9.79 Å². The van der Waals surface area contributed by atoms with Crippen molar-refractivity contribution in [3.8, 4) is 5.75 Å². The van der Waals surface area contributed by atoms with E-state index in [0.29, 0.717) is 12.3 Å². The van der Waals surface area contributed by atoms with Crippen molar-refractivity contribution >= 4 is 23.5 Å². The average Bonchev–Trinajstić information content (AvgIpc) is 2.24. The Morgan fingerprint density at radius 3 is 3.00 bits per heavy atom. The van der Waals surface area contributed by atoms with Crippen LogP contribution in [-0.2, 0) is 0 Å². The normalized spacial score (nSPS) is 10.7. The molecule has 0 atom stereocenters. The lowest BCUT2D eigenvalue weighted by Crippen LogP contribution is -2.20. The molecule has 1 aromatic rings. The van der Waals surface area contributed by atoms with E-state index in [0.717, 1.165) is 6.42 Å². The summed E-state index contributed by atoms with van der Waals surface area (Å²) in [4.78, 5) is 15.3. The third kappa shape index (κ3) is 3.99. The lowest BCUT2D eigenvalue weighted by atomic mass is 10.2. The molecule has 1 rings (SSSR count). The molecule has 0 spiro atoms. The number of hydrogen-bond acceptors (Lipinski definition) is 4. The Morgan fingerprint density at radius 1 is 1.71 bits per heavy atom. The zero-order valence-electron chi connectivity index (χ0n) is 9.69. The Balaban J connectivity index is 2.85. The third-order valence-electron chi connectivity index (χ3n) is 1.93. The van der Waals surface area contributed by atoms with E-state index in [-0.39, 0.29) is 16.4 Å². The highest BCUT2D eigenvalue weighted by Crippen LogP contribution is 2.12. The summed E-state index contributed by atoms with van der Waals surface area (Å²) in [5, 5.41) is 12.7. The van der Waals surface area contributed by atoms with Crippen molar-refractivity contribution in [3.05, 3.63) is 27.8 Å². The first-order valence-electron chi connectivity index (χ1n) is 5.20. The van der Waals surface area contributed by atoms with Crippen LogP contribution >= 0.6 is 12.2 Å². The smallest absolute Gasteiger partial charge is 0.348 e. The third-order valence-corrected chi connectivity index (χ3v) is 2.18. The van der Waals surface area contributed by atoms with Gasteiger partial charge in [-0.05, 0) is 25.6 Å². The molecular formula is C11H14N2O3S. The standard InChI is InChI=1S/C11H14N2O3S/c1-3-4-12-11(17)13-6-8-9(14)5-7(2)16-10(8)15/h5-6,14H,3-4H2,1-2H3,(H,12,17). The average molecular weight is 254 g/mol. The van der Waals surface area contributed by atoms with Crippen molar-refractivity contribution in [2.45, 2.75) is 20.3 Å². The minimum atomic E-state index is -0.635. The van der Waals surface area contributed by atoms with Crippen LogP contribution in [0.5, 0.6) is 5.75 Å². The van der Waals surface area contributed by atoms with E-state index in [9.17, 15) is 9.90 Å². The zero-order valence-corrected chi connectivity index (χ0v) is 10.5. The summed E-state index contributed by atoms with van der Waals surface area (Å²) in [6, 6.07) is 1.35. The van der Waals surface area contributed by atoms with E-state index in [1.807, 2.05) is 6.92 Å². The fourth-order valence-corrected chi connectivity index (χ4v) is 1.28. The Labute approximate surface area is 104 Å². The second-order valence-corrected chi connectivity index (χ2v) is 3.82. The van der Waals surface area contributed by atoms with E-state index in [2.05, 4.69) is 10.3 Å². The quantitative estimate of drug-likeness (QED) is 0.629. The lowest BCUT2D eigenvalue weighted by molar-refractivity contribution is 0.433. The molecule has 0 aliphatic heterocycles. The molecule has 0 unspecified atom stereocenters. The van der Waals surface area contributed by atoms with Gasteiger partial charge in [-0.3, -0.25) is 0 Å². The van der Waals surface area contributed by atoms with Gasteiger partial charge in [-0.1, -0.05) is 6.92 Å². The highest BCUT2D eigenvalue weighted by atomic mass is 32.1. The Kier molecular flexibility index (Phi) is 4.84. The Hall–Kier alpha value is -1.69. The van der Waals surface area contributed by atoms with Crippen molar-refractivity contribution in [2.24, 2.45) is 4.99 Å². The van der Waals surface area contributed by atoms with Gasteiger partial charge >= 0.3 is 5.63 Å². The molecule has 0 saturated heterocycles. The summed E-state index contributed by atoms with van der Waals surface area (Å²) in [6.45, 7) is 4.29. The number of rotatable bonds is 3. The number of nitrogens with one attached hydrogen (secondary N) is 1. The van der Waals surface area contributed by atoms with Gasteiger partial charge in [0.05, 0.1) is 0 Å². The Morgan fingerprint density at radius 2 is 2.41 bits per heavy atom. The van der Waals surface area contributed by atoms with Gasteiger partial charge in [-0.15, -0.1) is 0 Å². The predicted molar refractivity (Wildman–Crippen MR) is 69.9 cm³/mol. The molecule has 0 radical (unpaired) electrons. The second-order valence-electron chi connectivity index (χ2n) is 3.43. The van der Waals surface area contributed by atoms with E-state index >= 15 is 0 Å². The van der Waals surface area contributed by atoms with Crippen LogP contribution in [0.15, 0.2) is 20.3 Å². The van der Waals surface area contributed by atoms with Crippen molar-refractivity contribution in [1.82, 2.24) is 5.32 Å². The van der Waals surface area contributed by atoms with Gasteiger partial charge in [0.1, 0.15) is 17.1 Å². The van der Waals surface area contributed by atoms with Gasteiger partial charge in [0.2, 0.25) is 0 Å². The molecule has 92 valence electrons. The van der Waals surface area contributed by atoms with Crippen LogP contribution < -0.4 is 10.9 Å². The summed E-state index contributed by atoms with van der Waals surface area (Å²) < 4.78 is 4.83. The van der Waals surface area contributed by atoms with Crippen LogP contribution in [0.3, 0.4) is 0 Å². The number of hydrogen-bond donors (Lipinski definition) is 2. The van der Waals surface area contributed by atoms with Crippen LogP contribution in [0, 0.1) is 6.92 Å². The van der Waals surface area contributed by atoms with Crippen LogP contribution in [0.2, 0.25) is 0 Å². The highest BCUT2D eigenvalue weighted by Gasteiger charge is 2.06. The van der Waals surface area contributed by atoms with Crippen molar-refractivity contribution in [3.63, 3.8) is 0 Å². The monoisotopic (exact) mass is 254 g/mol. The lowest BCUT2D eigenvalue weighted by Gasteiger charge is -2.01. The van der Waals surface area contributed by atoms with E-state index in [4.69, 9.17) is 16.6 Å². The molecule has 0 aliphatic carbocycles. The summed E-state index contributed by atoms with van der Waals surface area (Å²) >= 11 is 4.91. The first kappa shape index (κ1) is 13.4. The van der Waals surface area contributed by atoms with Crippen molar-refractivity contribution in [2.75, 3.05) is 6.54 Å².